The molecule has 3 aromatic heterocycles. The van der Waals surface area contributed by atoms with Crippen LogP contribution < -0.4 is 15.4 Å². The van der Waals surface area contributed by atoms with Gasteiger partial charge in [-0.3, -0.25) is 4.79 Å². The summed E-state index contributed by atoms with van der Waals surface area (Å²) in [6, 6.07) is 3.25. The number of nitrogens with one attached hydrogen (secondary N) is 2. The van der Waals surface area contributed by atoms with Crippen molar-refractivity contribution in [1.82, 2.24) is 24.9 Å². The number of ether oxygens (including phenoxy) is 1. The molecular formula is C18H17FN6O2. The number of pyridine rings is 1. The van der Waals surface area contributed by atoms with Gasteiger partial charge in [-0.2, -0.15) is 5.10 Å². The maximum absolute atomic E-state index is 13.9. The summed E-state index contributed by atoms with van der Waals surface area (Å²) in [5, 5.41) is 10.4. The van der Waals surface area contributed by atoms with E-state index in [2.05, 4.69) is 25.7 Å². The molecule has 2 bridgehead atoms. The third-order valence-electron chi connectivity index (χ3n) is 4.91. The molecular weight excluding hydrogens is 351 g/mol. The quantitative estimate of drug-likeness (QED) is 0.629. The fourth-order valence-corrected chi connectivity index (χ4v) is 3.35. The third-order valence-corrected chi connectivity index (χ3v) is 4.91. The zero-order chi connectivity index (χ0) is 18.4. The topological polar surface area (TPSA) is 93.4 Å². The Balaban J connectivity index is 1.62. The summed E-state index contributed by atoms with van der Waals surface area (Å²) >= 11 is 0. The number of hydrogen-bond acceptors (Lipinski definition) is 6. The Hall–Kier alpha value is -3.23. The summed E-state index contributed by atoms with van der Waals surface area (Å²) < 4.78 is 21.2. The number of anilines is 1. The molecule has 9 heteroatoms. The predicted octanol–water partition coefficient (Wildman–Crippen LogP) is 1.88. The Bertz CT molecular complexity index is 1050. The number of carbonyl (C=O) groups is 1. The Labute approximate surface area is 153 Å². The first-order valence-corrected chi connectivity index (χ1v) is 8.84. The fraction of sp³-hybridized carbons (Fsp3) is 0.333. The molecule has 27 heavy (non-hydrogen) atoms. The van der Waals surface area contributed by atoms with Crippen LogP contribution in [0.15, 0.2) is 30.7 Å². The van der Waals surface area contributed by atoms with Gasteiger partial charge in [0.1, 0.15) is 17.2 Å². The minimum absolute atomic E-state index is 0.228. The number of carbonyl (C=O) groups excluding carboxylic acids is 1. The summed E-state index contributed by atoms with van der Waals surface area (Å²) in [6.07, 6.45) is 6.63. The van der Waals surface area contributed by atoms with Crippen LogP contribution in [-0.4, -0.2) is 38.6 Å². The Morgan fingerprint density at radius 2 is 2.19 bits per heavy atom. The van der Waals surface area contributed by atoms with Gasteiger partial charge in [0.05, 0.1) is 24.5 Å². The normalized spacial score (nSPS) is 18.3. The molecule has 4 heterocycles. The molecule has 0 radical (unpaired) electrons. The second kappa shape index (κ2) is 5.90. The molecule has 8 nitrogen and oxygen atoms in total. The molecule has 3 aromatic rings. The molecule has 2 N–H and O–H groups in total. The van der Waals surface area contributed by atoms with Gasteiger partial charge in [0, 0.05) is 18.3 Å². The van der Waals surface area contributed by atoms with Crippen LogP contribution in [0.2, 0.25) is 0 Å². The average molecular weight is 368 g/mol. The molecule has 0 atom stereocenters. The van der Waals surface area contributed by atoms with E-state index in [-0.39, 0.29) is 5.91 Å². The van der Waals surface area contributed by atoms with Gasteiger partial charge in [-0.05, 0) is 31.4 Å². The second-order valence-corrected chi connectivity index (χ2v) is 6.81. The summed E-state index contributed by atoms with van der Waals surface area (Å²) in [5.41, 5.74) is 1.11. The van der Waals surface area contributed by atoms with Gasteiger partial charge in [0.15, 0.2) is 5.65 Å². The van der Waals surface area contributed by atoms with E-state index >= 15 is 0 Å². The molecule has 2 aliphatic rings. The van der Waals surface area contributed by atoms with Crippen molar-refractivity contribution >= 4 is 17.4 Å². The van der Waals surface area contributed by atoms with Crippen molar-refractivity contribution in [3.8, 4) is 5.88 Å². The Morgan fingerprint density at radius 3 is 3.04 bits per heavy atom. The van der Waals surface area contributed by atoms with E-state index < -0.39 is 11.4 Å². The lowest BCUT2D eigenvalue weighted by Gasteiger charge is -2.21. The molecule has 0 aromatic carbocycles. The van der Waals surface area contributed by atoms with E-state index in [1.54, 1.807) is 16.8 Å². The van der Waals surface area contributed by atoms with Crippen molar-refractivity contribution in [3.05, 3.63) is 47.7 Å². The third kappa shape index (κ3) is 2.75. The van der Waals surface area contributed by atoms with E-state index in [4.69, 9.17) is 4.74 Å². The molecule has 1 amide bonds. The highest BCUT2D eigenvalue weighted by Crippen LogP contribution is 2.50. The summed E-state index contributed by atoms with van der Waals surface area (Å²) in [6.45, 7) is 0.810. The van der Waals surface area contributed by atoms with Crippen LogP contribution in [-0.2, 0) is 5.54 Å². The zero-order valence-electron chi connectivity index (χ0n) is 14.4. The number of amides is 1. The number of aromatic nitrogens is 4. The number of nitrogens with zero attached hydrogens (tertiary/aromatic N) is 4. The van der Waals surface area contributed by atoms with Gasteiger partial charge in [-0.25, -0.2) is 18.9 Å². The van der Waals surface area contributed by atoms with Crippen LogP contribution in [0.5, 0.6) is 5.88 Å². The summed E-state index contributed by atoms with van der Waals surface area (Å²) in [5.74, 6) is 0.367. The number of fused-ring (bicyclic) bond motifs is 3. The monoisotopic (exact) mass is 368 g/mol. The Kier molecular flexibility index (Phi) is 3.49. The largest absolute Gasteiger partial charge is 0.477 e. The lowest BCUT2D eigenvalue weighted by atomic mass is 10.1. The maximum Gasteiger partial charge on any atom is 0.256 e. The van der Waals surface area contributed by atoms with Crippen LogP contribution in [0.3, 0.4) is 0 Å². The van der Waals surface area contributed by atoms with Crippen molar-refractivity contribution in [2.75, 3.05) is 18.5 Å². The van der Waals surface area contributed by atoms with Crippen LogP contribution in [0.1, 0.15) is 35.2 Å². The standard InChI is InChI=1S/C18H17FN6O2/c19-11-8-13-17(21-9-11)27-7-1-5-20-16(26)12-10-22-25-6-2-14(23-15(12)25)24-18(13)3-4-18/h2,6,8-10H,1,3-5,7H2,(H,20,26)(H,23,24). The van der Waals surface area contributed by atoms with Crippen LogP contribution in [0, 0.1) is 5.82 Å². The van der Waals surface area contributed by atoms with Crippen molar-refractivity contribution in [3.63, 3.8) is 0 Å². The summed E-state index contributed by atoms with van der Waals surface area (Å²) in [7, 11) is 0. The minimum atomic E-state index is -0.470. The SMILES string of the molecule is O=C1NCCCOc2ncc(F)cc2C2(CC2)Nc2ccn3ncc1c3n2. The van der Waals surface area contributed by atoms with E-state index in [0.717, 1.165) is 19.0 Å². The van der Waals surface area contributed by atoms with Crippen LogP contribution >= 0.6 is 0 Å². The smallest absolute Gasteiger partial charge is 0.256 e. The van der Waals surface area contributed by atoms with E-state index in [1.165, 1.54) is 12.3 Å². The van der Waals surface area contributed by atoms with Gasteiger partial charge in [0.25, 0.3) is 5.91 Å². The van der Waals surface area contributed by atoms with Gasteiger partial charge < -0.3 is 15.4 Å². The Morgan fingerprint density at radius 1 is 1.30 bits per heavy atom. The van der Waals surface area contributed by atoms with E-state index in [9.17, 15) is 9.18 Å². The van der Waals surface area contributed by atoms with Gasteiger partial charge in [0.2, 0.25) is 5.88 Å². The molecule has 138 valence electrons. The molecule has 0 unspecified atom stereocenters. The van der Waals surface area contributed by atoms with Crippen LogP contribution in [0.25, 0.3) is 5.65 Å². The van der Waals surface area contributed by atoms with Crippen molar-refractivity contribution in [1.29, 1.82) is 0 Å². The number of hydrogen-bond donors (Lipinski definition) is 2. The molecule has 1 saturated carbocycles. The molecule has 0 saturated heterocycles. The maximum atomic E-state index is 13.9. The lowest BCUT2D eigenvalue weighted by Crippen LogP contribution is -2.27. The van der Waals surface area contributed by atoms with Gasteiger partial charge >= 0.3 is 0 Å². The number of halogens is 1. The zero-order valence-corrected chi connectivity index (χ0v) is 14.4. The molecule has 1 aliphatic heterocycles. The van der Waals surface area contributed by atoms with Crippen molar-refractivity contribution < 1.29 is 13.9 Å². The first-order chi connectivity index (χ1) is 13.1. The minimum Gasteiger partial charge on any atom is -0.477 e. The molecule has 1 fully saturated rings. The molecule has 1 spiro atoms. The van der Waals surface area contributed by atoms with Crippen molar-refractivity contribution in [2.24, 2.45) is 0 Å². The fourth-order valence-electron chi connectivity index (χ4n) is 3.35. The van der Waals surface area contributed by atoms with E-state index in [1.807, 2.05) is 0 Å². The first-order valence-electron chi connectivity index (χ1n) is 8.84. The first kappa shape index (κ1) is 16.0. The average Bonchev–Trinajstić information content (AvgIpc) is 3.31. The second-order valence-electron chi connectivity index (χ2n) is 6.81. The van der Waals surface area contributed by atoms with Crippen molar-refractivity contribution in [2.45, 2.75) is 24.8 Å². The van der Waals surface area contributed by atoms with Crippen LogP contribution in [0.4, 0.5) is 10.2 Å². The number of rotatable bonds is 0. The highest BCUT2D eigenvalue weighted by atomic mass is 19.1. The summed E-state index contributed by atoms with van der Waals surface area (Å²) in [4.78, 5) is 21.1. The van der Waals surface area contributed by atoms with E-state index in [0.29, 0.717) is 48.0 Å². The van der Waals surface area contributed by atoms with Gasteiger partial charge in [-0.1, -0.05) is 0 Å². The molecule has 5 rings (SSSR count). The highest BCUT2D eigenvalue weighted by Gasteiger charge is 2.47. The molecule has 1 aliphatic carbocycles. The van der Waals surface area contributed by atoms with Gasteiger partial charge in [-0.15, -0.1) is 0 Å². The lowest BCUT2D eigenvalue weighted by molar-refractivity contribution is 0.0953. The highest BCUT2D eigenvalue weighted by molar-refractivity contribution is 5.99. The predicted molar refractivity (Wildman–Crippen MR) is 94.2 cm³/mol.